The van der Waals surface area contributed by atoms with E-state index in [0.717, 1.165) is 23.1 Å². The van der Waals surface area contributed by atoms with E-state index in [4.69, 9.17) is 21.1 Å². The van der Waals surface area contributed by atoms with Crippen molar-refractivity contribution >= 4 is 17.4 Å². The number of pyridine rings is 1. The molecule has 4 aromatic rings. The van der Waals surface area contributed by atoms with Crippen LogP contribution in [0.3, 0.4) is 0 Å². The molecule has 0 saturated heterocycles. The summed E-state index contributed by atoms with van der Waals surface area (Å²) in [4.78, 5) is 16.8. The van der Waals surface area contributed by atoms with Crippen LogP contribution in [0.15, 0.2) is 73.1 Å². The van der Waals surface area contributed by atoms with Crippen molar-refractivity contribution in [2.45, 2.75) is 58.4 Å². The van der Waals surface area contributed by atoms with Crippen LogP contribution in [0, 0.1) is 23.1 Å². The summed E-state index contributed by atoms with van der Waals surface area (Å²) >= 11 is 6.77. The van der Waals surface area contributed by atoms with E-state index in [2.05, 4.69) is 16.4 Å². The number of aromatic nitrogens is 1. The number of carbonyl (C=O) groups excluding carboxylic acids is 1. The number of aliphatic hydroxyl groups excluding tert-OH is 1. The molecule has 0 saturated carbocycles. The van der Waals surface area contributed by atoms with E-state index < -0.39 is 6.04 Å². The van der Waals surface area contributed by atoms with Gasteiger partial charge in [-0.2, -0.15) is 5.26 Å². The number of benzene rings is 3. The SMILES string of the molecule is CC(C)CC(=O)[C@H](CO)NCc1cc(Cl)c(O[C@H]2CCc3c(-c4ccccc4F)cccc32)cc1OCc1cncc(C#N)c1. The Kier molecular flexibility index (Phi) is 10.5. The quantitative estimate of drug-likeness (QED) is 0.163. The van der Waals surface area contributed by atoms with Gasteiger partial charge in [0.2, 0.25) is 0 Å². The summed E-state index contributed by atoms with van der Waals surface area (Å²) in [7, 11) is 0. The van der Waals surface area contributed by atoms with Crippen molar-refractivity contribution in [3.05, 3.63) is 112 Å². The molecule has 0 unspecified atom stereocenters. The highest BCUT2D eigenvalue weighted by molar-refractivity contribution is 6.32. The second kappa shape index (κ2) is 14.7. The molecule has 1 aliphatic rings. The standard InChI is InChI=1S/C36H35ClFN3O4/c1-22(2)12-33(43)32(20-42)41-19-25-14-30(37)36(15-35(25)44-21-24-13-23(16-39)17-40-18-24)45-34-11-10-27-26(7-5-8-29(27)34)28-6-3-4-9-31(28)38/h3-9,13-15,17-18,22,32,34,41-42H,10-12,19-21H2,1-2H3/t32-,34-/m0/s1. The first-order valence-electron chi connectivity index (χ1n) is 15.0. The van der Waals surface area contributed by atoms with E-state index >= 15 is 0 Å². The number of hydrogen-bond donors (Lipinski definition) is 2. The normalized spacial score (nSPS) is 14.6. The van der Waals surface area contributed by atoms with Crippen LogP contribution in [-0.2, 0) is 24.4 Å². The van der Waals surface area contributed by atoms with E-state index in [-0.39, 0.29) is 43.4 Å². The fourth-order valence-corrected chi connectivity index (χ4v) is 5.84. The minimum Gasteiger partial charge on any atom is -0.488 e. The molecule has 7 nitrogen and oxygen atoms in total. The number of ketones is 1. The van der Waals surface area contributed by atoms with E-state index in [0.29, 0.717) is 51.6 Å². The van der Waals surface area contributed by atoms with E-state index in [1.54, 1.807) is 36.5 Å². The van der Waals surface area contributed by atoms with Crippen LogP contribution in [0.4, 0.5) is 4.39 Å². The number of halogens is 2. The zero-order valence-electron chi connectivity index (χ0n) is 25.2. The lowest BCUT2D eigenvalue weighted by Crippen LogP contribution is -2.40. The topological polar surface area (TPSA) is 104 Å². The molecule has 232 valence electrons. The van der Waals surface area contributed by atoms with E-state index in [1.165, 1.54) is 12.3 Å². The summed E-state index contributed by atoms with van der Waals surface area (Å²) < 4.78 is 27.4. The zero-order chi connectivity index (χ0) is 31.9. The molecule has 45 heavy (non-hydrogen) atoms. The molecule has 9 heteroatoms. The number of aliphatic hydroxyl groups is 1. The lowest BCUT2D eigenvalue weighted by Gasteiger charge is -2.21. The highest BCUT2D eigenvalue weighted by atomic mass is 35.5. The molecule has 3 aromatic carbocycles. The van der Waals surface area contributed by atoms with Crippen molar-refractivity contribution in [2.24, 2.45) is 5.92 Å². The first-order valence-corrected chi connectivity index (χ1v) is 15.3. The predicted molar refractivity (Wildman–Crippen MR) is 170 cm³/mol. The third-order valence-corrected chi connectivity index (χ3v) is 8.10. The number of hydrogen-bond acceptors (Lipinski definition) is 7. The van der Waals surface area contributed by atoms with Crippen LogP contribution in [-0.4, -0.2) is 28.5 Å². The summed E-state index contributed by atoms with van der Waals surface area (Å²) in [6.07, 6.45) is 4.57. The summed E-state index contributed by atoms with van der Waals surface area (Å²) in [5.41, 5.74) is 5.23. The first-order chi connectivity index (χ1) is 21.8. The Bertz CT molecular complexity index is 1720. The van der Waals surface area contributed by atoms with Crippen LogP contribution in [0.25, 0.3) is 11.1 Å². The Balaban J connectivity index is 1.42. The Hall–Kier alpha value is -4.29. The molecule has 0 bridgehead atoms. The summed E-state index contributed by atoms with van der Waals surface area (Å²) in [5.74, 6) is 0.710. The number of ether oxygens (including phenoxy) is 2. The van der Waals surface area contributed by atoms with Crippen LogP contribution in [0.1, 0.15) is 60.6 Å². The molecular weight excluding hydrogens is 593 g/mol. The van der Waals surface area contributed by atoms with Crippen molar-refractivity contribution in [1.82, 2.24) is 10.3 Å². The van der Waals surface area contributed by atoms with Crippen molar-refractivity contribution in [1.29, 1.82) is 5.26 Å². The Morgan fingerprint density at radius 1 is 1.13 bits per heavy atom. The van der Waals surface area contributed by atoms with Gasteiger partial charge in [-0.25, -0.2) is 4.39 Å². The molecule has 2 N–H and O–H groups in total. The third kappa shape index (κ3) is 7.69. The minimum absolute atomic E-state index is 0.0740. The second-order valence-electron chi connectivity index (χ2n) is 11.6. The third-order valence-electron chi connectivity index (χ3n) is 7.80. The summed E-state index contributed by atoms with van der Waals surface area (Å²) in [6.45, 7) is 3.91. The van der Waals surface area contributed by atoms with Crippen LogP contribution in [0.2, 0.25) is 5.02 Å². The molecule has 2 atom stereocenters. The van der Waals surface area contributed by atoms with Gasteiger partial charge in [-0.1, -0.05) is 61.8 Å². The molecule has 5 rings (SSSR count). The first kappa shape index (κ1) is 32.1. The van der Waals surface area contributed by atoms with Gasteiger partial charge in [-0.15, -0.1) is 0 Å². The summed E-state index contributed by atoms with van der Waals surface area (Å²) in [5, 5.41) is 22.7. The van der Waals surface area contributed by atoms with E-state index in [1.807, 2.05) is 38.1 Å². The largest absolute Gasteiger partial charge is 0.488 e. The number of nitrogens with one attached hydrogen (secondary N) is 1. The molecule has 0 amide bonds. The Labute approximate surface area is 267 Å². The molecule has 1 aliphatic carbocycles. The lowest BCUT2D eigenvalue weighted by molar-refractivity contribution is -0.122. The molecule has 0 spiro atoms. The maximum absolute atomic E-state index is 14.7. The lowest BCUT2D eigenvalue weighted by atomic mass is 9.96. The van der Waals surface area contributed by atoms with Crippen LogP contribution < -0.4 is 14.8 Å². The van der Waals surface area contributed by atoms with Gasteiger partial charge >= 0.3 is 0 Å². The van der Waals surface area contributed by atoms with Gasteiger partial charge in [0.15, 0.2) is 5.78 Å². The van der Waals surface area contributed by atoms with Gasteiger partial charge in [0, 0.05) is 48.1 Å². The van der Waals surface area contributed by atoms with Crippen molar-refractivity contribution in [3.8, 4) is 28.7 Å². The fraction of sp³-hybridized carbons (Fsp3) is 0.306. The average molecular weight is 628 g/mol. The maximum atomic E-state index is 14.7. The molecule has 1 heterocycles. The number of carbonyl (C=O) groups is 1. The highest BCUT2D eigenvalue weighted by Gasteiger charge is 2.28. The van der Waals surface area contributed by atoms with Gasteiger partial charge < -0.3 is 19.9 Å². The zero-order valence-corrected chi connectivity index (χ0v) is 26.0. The number of fused-ring (bicyclic) bond motifs is 1. The molecule has 0 fully saturated rings. The van der Waals surface area contributed by atoms with Gasteiger partial charge in [-0.05, 0) is 53.6 Å². The monoisotopic (exact) mass is 627 g/mol. The predicted octanol–water partition coefficient (Wildman–Crippen LogP) is 7.12. The number of rotatable bonds is 13. The molecular formula is C36H35ClFN3O4. The second-order valence-corrected chi connectivity index (χ2v) is 12.0. The minimum atomic E-state index is -0.731. The van der Waals surface area contributed by atoms with Crippen LogP contribution in [0.5, 0.6) is 11.5 Å². The Morgan fingerprint density at radius 2 is 1.93 bits per heavy atom. The van der Waals surface area contributed by atoms with Crippen molar-refractivity contribution in [2.75, 3.05) is 6.61 Å². The van der Waals surface area contributed by atoms with Crippen molar-refractivity contribution in [3.63, 3.8) is 0 Å². The van der Waals surface area contributed by atoms with Gasteiger partial charge in [0.05, 0.1) is 23.2 Å². The Morgan fingerprint density at radius 3 is 2.69 bits per heavy atom. The number of Topliss-reactive ketones (excluding diaryl/α,β-unsaturated/α-hetero) is 1. The fourth-order valence-electron chi connectivity index (χ4n) is 5.61. The average Bonchev–Trinajstić information content (AvgIpc) is 3.44. The summed E-state index contributed by atoms with van der Waals surface area (Å²) in [6, 6.07) is 19.1. The van der Waals surface area contributed by atoms with Gasteiger partial charge in [0.1, 0.15) is 36.1 Å². The van der Waals surface area contributed by atoms with Crippen LogP contribution >= 0.6 is 11.6 Å². The van der Waals surface area contributed by atoms with Gasteiger partial charge in [-0.3, -0.25) is 9.78 Å². The van der Waals surface area contributed by atoms with Gasteiger partial charge in [0.25, 0.3) is 0 Å². The number of nitriles is 1. The number of nitrogens with zero attached hydrogens (tertiary/aromatic N) is 2. The molecule has 1 aromatic heterocycles. The highest BCUT2D eigenvalue weighted by Crippen LogP contribution is 2.43. The van der Waals surface area contributed by atoms with Crippen molar-refractivity contribution < 1.29 is 23.8 Å². The smallest absolute Gasteiger partial charge is 0.152 e. The maximum Gasteiger partial charge on any atom is 0.152 e. The van der Waals surface area contributed by atoms with E-state index in [9.17, 15) is 19.6 Å². The molecule has 0 aliphatic heterocycles. The molecule has 0 radical (unpaired) electrons.